The molecular weight excluding hydrogens is 214 g/mol. The maximum Gasteiger partial charge on any atom is 0.277 e. The Morgan fingerprint density at radius 3 is 2.60 bits per heavy atom. The fraction of sp³-hybridized carbons (Fsp3) is 1.00. The van der Waals surface area contributed by atoms with Gasteiger partial charge < -0.3 is 5.32 Å². The van der Waals surface area contributed by atoms with Gasteiger partial charge in [-0.2, -0.15) is 12.7 Å². The van der Waals surface area contributed by atoms with Gasteiger partial charge >= 0.3 is 0 Å². The van der Waals surface area contributed by atoms with Gasteiger partial charge in [0.2, 0.25) is 0 Å². The van der Waals surface area contributed by atoms with E-state index in [0.717, 1.165) is 25.8 Å². The van der Waals surface area contributed by atoms with Crippen LogP contribution in [0.2, 0.25) is 0 Å². The Labute approximate surface area is 91.2 Å². The summed E-state index contributed by atoms with van der Waals surface area (Å²) in [6.45, 7) is 1.33. The average molecular weight is 233 g/mol. The van der Waals surface area contributed by atoms with Gasteiger partial charge in [0.05, 0.1) is 0 Å². The van der Waals surface area contributed by atoms with Crippen LogP contribution in [0, 0.1) is 0 Å². The van der Waals surface area contributed by atoms with Gasteiger partial charge in [-0.3, -0.25) is 0 Å². The smallest absolute Gasteiger partial charge is 0.277 e. The molecule has 1 saturated carbocycles. The molecule has 2 aliphatic rings. The zero-order chi connectivity index (χ0) is 10.9. The van der Waals surface area contributed by atoms with E-state index in [1.807, 2.05) is 0 Å². The summed E-state index contributed by atoms with van der Waals surface area (Å²) in [5.41, 5.74) is 0. The normalized spacial score (nSPS) is 29.3. The van der Waals surface area contributed by atoms with E-state index < -0.39 is 10.2 Å². The second kappa shape index (κ2) is 4.37. The molecule has 0 aromatic rings. The van der Waals surface area contributed by atoms with Crippen molar-refractivity contribution < 1.29 is 8.42 Å². The van der Waals surface area contributed by atoms with Crippen LogP contribution in [0.25, 0.3) is 0 Å². The van der Waals surface area contributed by atoms with Crippen LogP contribution in [0.4, 0.5) is 0 Å². The van der Waals surface area contributed by atoms with Crippen molar-refractivity contribution in [1.82, 2.24) is 9.62 Å². The molecule has 1 aliphatic heterocycles. The van der Waals surface area contributed by atoms with Gasteiger partial charge in [0.1, 0.15) is 0 Å². The summed E-state index contributed by atoms with van der Waals surface area (Å²) < 4.78 is 24.1. The monoisotopic (exact) mass is 233 g/mol. The fourth-order valence-corrected chi connectivity index (χ4v) is 3.08. The molecule has 0 aromatic carbocycles. The van der Waals surface area contributed by atoms with Crippen LogP contribution in [0.3, 0.4) is 0 Å². The molecule has 6 heteroatoms. The van der Waals surface area contributed by atoms with E-state index in [-0.39, 0.29) is 6.04 Å². The van der Waals surface area contributed by atoms with E-state index in [0.29, 0.717) is 12.6 Å². The number of piperidine rings is 1. The number of nitrogens with two attached hydrogens (primary N) is 1. The zero-order valence-electron chi connectivity index (χ0n) is 8.85. The molecule has 3 N–H and O–H groups in total. The Morgan fingerprint density at radius 1 is 1.27 bits per heavy atom. The lowest BCUT2D eigenvalue weighted by atomic mass is 10.1. The molecule has 2 rings (SSSR count). The van der Waals surface area contributed by atoms with Crippen molar-refractivity contribution >= 4 is 10.2 Å². The third-order valence-corrected chi connectivity index (χ3v) is 4.25. The van der Waals surface area contributed by atoms with Crippen molar-refractivity contribution in [3.63, 3.8) is 0 Å². The highest BCUT2D eigenvalue weighted by Crippen LogP contribution is 2.22. The maximum atomic E-state index is 11.3. The van der Waals surface area contributed by atoms with Gasteiger partial charge in [0.15, 0.2) is 0 Å². The van der Waals surface area contributed by atoms with Gasteiger partial charge in [-0.25, -0.2) is 5.14 Å². The molecule has 0 bridgehead atoms. The van der Waals surface area contributed by atoms with E-state index in [2.05, 4.69) is 5.32 Å². The molecule has 0 radical (unpaired) electrons. The van der Waals surface area contributed by atoms with Crippen LogP contribution in [0.1, 0.15) is 32.1 Å². The molecule has 88 valence electrons. The highest BCUT2D eigenvalue weighted by molar-refractivity contribution is 7.86. The first-order chi connectivity index (χ1) is 7.07. The van der Waals surface area contributed by atoms with E-state index in [1.165, 1.54) is 17.1 Å². The molecule has 1 aliphatic carbocycles. The molecule has 1 heterocycles. The van der Waals surface area contributed by atoms with E-state index in [4.69, 9.17) is 5.14 Å². The van der Waals surface area contributed by atoms with Gasteiger partial charge in [-0.1, -0.05) is 6.42 Å². The minimum Gasteiger partial charge on any atom is -0.312 e. The van der Waals surface area contributed by atoms with Gasteiger partial charge in [-0.15, -0.1) is 0 Å². The second-order valence-electron chi connectivity index (χ2n) is 4.49. The van der Waals surface area contributed by atoms with Crippen LogP contribution < -0.4 is 10.5 Å². The summed E-state index contributed by atoms with van der Waals surface area (Å²) in [7, 11) is -3.51. The van der Waals surface area contributed by atoms with Crippen molar-refractivity contribution in [2.45, 2.75) is 44.2 Å². The van der Waals surface area contributed by atoms with Crippen molar-refractivity contribution in [1.29, 1.82) is 0 Å². The highest BCUT2D eigenvalue weighted by atomic mass is 32.2. The fourth-order valence-electron chi connectivity index (χ4n) is 2.10. The molecule has 15 heavy (non-hydrogen) atoms. The predicted octanol–water partition coefficient (Wildman–Crippen LogP) is -0.204. The Bertz CT molecular complexity index is 313. The Kier molecular flexibility index (Phi) is 3.30. The van der Waals surface area contributed by atoms with Gasteiger partial charge in [0, 0.05) is 25.2 Å². The molecule has 1 atom stereocenters. The van der Waals surface area contributed by atoms with Crippen molar-refractivity contribution in [3.05, 3.63) is 0 Å². The zero-order valence-corrected chi connectivity index (χ0v) is 9.67. The summed E-state index contributed by atoms with van der Waals surface area (Å²) in [6, 6.07) is 0.684. The molecule has 0 spiro atoms. The molecule has 0 amide bonds. The SMILES string of the molecule is NS(=O)(=O)N1CCCCC1CNC1CC1. The predicted molar refractivity (Wildman–Crippen MR) is 58.5 cm³/mol. The number of hydrogen-bond donors (Lipinski definition) is 2. The first-order valence-corrected chi connectivity index (χ1v) is 7.10. The van der Waals surface area contributed by atoms with Crippen LogP contribution in [0.5, 0.6) is 0 Å². The number of hydrogen-bond acceptors (Lipinski definition) is 3. The minimum atomic E-state index is -3.51. The number of nitrogens with one attached hydrogen (secondary N) is 1. The van der Waals surface area contributed by atoms with Crippen LogP contribution in [-0.4, -0.2) is 37.9 Å². The lowest BCUT2D eigenvalue weighted by Crippen LogP contribution is -2.51. The van der Waals surface area contributed by atoms with Crippen LogP contribution in [0.15, 0.2) is 0 Å². The molecule has 5 nitrogen and oxygen atoms in total. The highest BCUT2D eigenvalue weighted by Gasteiger charge is 2.31. The minimum absolute atomic E-state index is 0.0642. The lowest BCUT2D eigenvalue weighted by Gasteiger charge is -2.33. The molecule has 1 saturated heterocycles. The first-order valence-electron chi connectivity index (χ1n) is 5.60. The third-order valence-electron chi connectivity index (χ3n) is 3.12. The lowest BCUT2D eigenvalue weighted by molar-refractivity contribution is 0.245. The van der Waals surface area contributed by atoms with Gasteiger partial charge in [-0.05, 0) is 25.7 Å². The molecular formula is C9H19N3O2S. The van der Waals surface area contributed by atoms with Crippen molar-refractivity contribution in [2.75, 3.05) is 13.1 Å². The molecule has 1 unspecified atom stereocenters. The summed E-state index contributed by atoms with van der Waals surface area (Å²) >= 11 is 0. The summed E-state index contributed by atoms with van der Waals surface area (Å²) in [6.07, 6.45) is 5.40. The van der Waals surface area contributed by atoms with Crippen LogP contribution >= 0.6 is 0 Å². The average Bonchev–Trinajstić information content (AvgIpc) is 2.97. The summed E-state index contributed by atoms with van der Waals surface area (Å²) in [4.78, 5) is 0. The summed E-state index contributed by atoms with van der Waals surface area (Å²) in [5.74, 6) is 0. The quantitative estimate of drug-likeness (QED) is 0.706. The van der Waals surface area contributed by atoms with Crippen LogP contribution in [-0.2, 0) is 10.2 Å². The Balaban J connectivity index is 1.92. The largest absolute Gasteiger partial charge is 0.312 e. The number of rotatable bonds is 4. The number of nitrogens with zero attached hydrogens (tertiary/aromatic N) is 1. The first kappa shape index (κ1) is 11.3. The molecule has 0 aromatic heterocycles. The summed E-state index contributed by atoms with van der Waals surface area (Å²) in [5, 5.41) is 8.56. The van der Waals surface area contributed by atoms with Crippen molar-refractivity contribution in [2.24, 2.45) is 5.14 Å². The topological polar surface area (TPSA) is 75.4 Å². The third kappa shape index (κ3) is 3.14. The second-order valence-corrected chi connectivity index (χ2v) is 5.99. The van der Waals surface area contributed by atoms with Gasteiger partial charge in [0.25, 0.3) is 10.2 Å². The Morgan fingerprint density at radius 2 is 2.00 bits per heavy atom. The van der Waals surface area contributed by atoms with E-state index >= 15 is 0 Å². The maximum absolute atomic E-state index is 11.3. The standard InChI is InChI=1S/C9H19N3O2S/c10-15(13,14)12-6-2-1-3-9(12)7-11-8-4-5-8/h8-9,11H,1-7H2,(H2,10,13,14). The Hall–Kier alpha value is -0.170. The van der Waals surface area contributed by atoms with E-state index in [1.54, 1.807) is 0 Å². The van der Waals surface area contributed by atoms with E-state index in [9.17, 15) is 8.42 Å². The van der Waals surface area contributed by atoms with Crippen molar-refractivity contribution in [3.8, 4) is 0 Å². The molecule has 2 fully saturated rings.